The molecule has 2 N–H and O–H groups in total. The summed E-state index contributed by atoms with van der Waals surface area (Å²) in [7, 11) is 3.14. The molecule has 1 radical (unpaired) electrons. The summed E-state index contributed by atoms with van der Waals surface area (Å²) >= 11 is 0. The monoisotopic (exact) mass is 330 g/mol. The average molecular weight is 330 g/mol. The molecule has 0 aromatic rings. The van der Waals surface area contributed by atoms with Crippen molar-refractivity contribution in [2.24, 2.45) is 0 Å². The Balaban J connectivity index is -0.000000190. The molecule has 0 fully saturated rings. The SMILES string of the molecule is CCC(=O)NC.CN[C-]=O.O=C1C=CC(=O)[N-]1.[Y]. The van der Waals surface area contributed by atoms with E-state index in [1.165, 1.54) is 13.5 Å². The Morgan fingerprint density at radius 3 is 1.72 bits per heavy atom. The van der Waals surface area contributed by atoms with Gasteiger partial charge >= 0.3 is 0 Å². The Morgan fingerprint density at radius 1 is 1.28 bits per heavy atom. The number of carbonyl (C=O) groups is 3. The fraction of sp³-hybridized carbons (Fsp3) is 0.400. The van der Waals surface area contributed by atoms with E-state index in [-0.39, 0.29) is 38.6 Å². The first kappa shape index (κ1) is 22.1. The van der Waals surface area contributed by atoms with Gasteiger partial charge in [-0.3, -0.25) is 4.79 Å². The molecule has 4 amide bonds. The van der Waals surface area contributed by atoms with Gasteiger partial charge in [0.05, 0.1) is 11.8 Å². The van der Waals surface area contributed by atoms with Gasteiger partial charge in [0.2, 0.25) is 5.91 Å². The van der Waals surface area contributed by atoms with Crippen LogP contribution in [-0.4, -0.2) is 38.2 Å². The Labute approximate surface area is 131 Å². The van der Waals surface area contributed by atoms with E-state index < -0.39 is 11.8 Å². The summed E-state index contributed by atoms with van der Waals surface area (Å²) in [6, 6.07) is 0. The van der Waals surface area contributed by atoms with Crippen LogP contribution in [-0.2, 0) is 51.9 Å². The minimum atomic E-state index is -0.454. The third-order valence-electron chi connectivity index (χ3n) is 1.29. The predicted molar refractivity (Wildman–Crippen MR) is 61.6 cm³/mol. The summed E-state index contributed by atoms with van der Waals surface area (Å²) in [6.45, 7) is 1.82. The second-order valence-electron chi connectivity index (χ2n) is 2.50. The largest absolute Gasteiger partial charge is 0.589 e. The molecule has 0 bridgehead atoms. The third kappa shape index (κ3) is 17.3. The molecule has 0 aromatic carbocycles. The molecule has 1 rings (SSSR count). The average Bonchev–Trinajstić information content (AvgIpc) is 2.73. The standard InChI is InChI=1S/C4H3NO2.C4H9NO.C2H4NO.Y/c6-3-1-2-4(7)5-3;1-3-4(6)5-2;1-3-2-4;/h1-2H,(H,5,6,7);3H2,1-2H3,(H,5,6);1H3,(H,3,4);/q;;-1;/p-1. The van der Waals surface area contributed by atoms with Gasteiger partial charge in [-0.1, -0.05) is 6.92 Å². The maximum absolute atomic E-state index is 10.1. The molecule has 8 heteroatoms. The van der Waals surface area contributed by atoms with Crippen LogP contribution in [0, 0.1) is 0 Å². The fourth-order valence-corrected chi connectivity index (χ4v) is 0.502. The molecule has 1 aliphatic heterocycles. The van der Waals surface area contributed by atoms with Gasteiger partial charge in [-0.05, 0) is 19.2 Å². The maximum atomic E-state index is 10.1. The number of nitrogens with one attached hydrogen (secondary N) is 2. The molecule has 0 aromatic heterocycles. The molecule has 1 heterocycles. The van der Waals surface area contributed by atoms with Gasteiger partial charge in [0.1, 0.15) is 0 Å². The van der Waals surface area contributed by atoms with Crippen molar-refractivity contribution in [3.05, 3.63) is 17.5 Å². The van der Waals surface area contributed by atoms with Crippen LogP contribution in [0.1, 0.15) is 13.3 Å². The Morgan fingerprint density at radius 2 is 1.67 bits per heavy atom. The van der Waals surface area contributed by atoms with Gasteiger partial charge in [0, 0.05) is 46.2 Å². The Bertz CT molecular complexity index is 283. The van der Waals surface area contributed by atoms with Crippen LogP contribution in [0.4, 0.5) is 0 Å². The van der Waals surface area contributed by atoms with Crippen molar-refractivity contribution in [2.45, 2.75) is 13.3 Å². The van der Waals surface area contributed by atoms with E-state index in [1.807, 2.05) is 6.92 Å². The number of imide groups is 1. The van der Waals surface area contributed by atoms with Crippen molar-refractivity contribution in [1.82, 2.24) is 10.6 Å². The van der Waals surface area contributed by atoms with Crippen LogP contribution in [0.3, 0.4) is 0 Å². The van der Waals surface area contributed by atoms with Crippen LogP contribution in [0.15, 0.2) is 12.2 Å². The molecule has 18 heavy (non-hydrogen) atoms. The van der Waals surface area contributed by atoms with E-state index in [0.29, 0.717) is 6.42 Å². The van der Waals surface area contributed by atoms with Crippen LogP contribution >= 0.6 is 0 Å². The summed E-state index contributed by atoms with van der Waals surface area (Å²) in [6.07, 6.45) is 4.29. The van der Waals surface area contributed by atoms with E-state index in [1.54, 1.807) is 7.05 Å². The molecule has 0 saturated carbocycles. The zero-order valence-corrected chi connectivity index (χ0v) is 13.4. The van der Waals surface area contributed by atoms with E-state index in [0.717, 1.165) is 12.2 Å². The molecular weight excluding hydrogens is 315 g/mol. The summed E-state index contributed by atoms with van der Waals surface area (Å²) in [5.41, 5.74) is 0. The second-order valence-corrected chi connectivity index (χ2v) is 2.50. The smallest absolute Gasteiger partial charge is 0.219 e. The number of carbonyl (C=O) groups excluding carboxylic acids is 4. The number of hydrogen-bond acceptors (Lipinski definition) is 4. The summed E-state index contributed by atoms with van der Waals surface area (Å²) in [5.74, 6) is -0.815. The second kappa shape index (κ2) is 15.9. The quantitative estimate of drug-likeness (QED) is 0.400. The molecule has 7 nitrogen and oxygen atoms in total. The van der Waals surface area contributed by atoms with E-state index in [4.69, 9.17) is 4.79 Å². The number of hydrogen-bond donors (Lipinski definition) is 2. The molecule has 1 aliphatic rings. The molecule has 99 valence electrons. The maximum Gasteiger partial charge on any atom is 0.219 e. The van der Waals surface area contributed by atoms with Crippen LogP contribution in [0.25, 0.3) is 5.32 Å². The minimum Gasteiger partial charge on any atom is -0.589 e. The number of amides is 4. The molecular formula is C10H15N3O4Y-2. The number of rotatable bonds is 2. The van der Waals surface area contributed by atoms with Gasteiger partial charge in [0.15, 0.2) is 0 Å². The van der Waals surface area contributed by atoms with E-state index in [9.17, 15) is 14.4 Å². The molecule has 0 unspecified atom stereocenters. The zero-order valence-electron chi connectivity index (χ0n) is 10.5. The molecule has 0 aliphatic carbocycles. The Kier molecular flexibility index (Phi) is 19.6. The van der Waals surface area contributed by atoms with E-state index in [2.05, 4.69) is 16.0 Å². The summed E-state index contributed by atoms with van der Waals surface area (Å²) in [4.78, 5) is 39.0. The van der Waals surface area contributed by atoms with Gasteiger partial charge in [0.25, 0.3) is 0 Å². The van der Waals surface area contributed by atoms with Gasteiger partial charge in [-0.25, -0.2) is 0 Å². The van der Waals surface area contributed by atoms with Crippen molar-refractivity contribution in [3.63, 3.8) is 0 Å². The first-order chi connectivity index (χ1) is 8.01. The molecule has 0 saturated heterocycles. The van der Waals surface area contributed by atoms with Crippen molar-refractivity contribution < 1.29 is 51.9 Å². The fourth-order valence-electron chi connectivity index (χ4n) is 0.502. The zero-order chi connectivity index (χ0) is 13.7. The summed E-state index contributed by atoms with van der Waals surface area (Å²) in [5, 5.41) is 7.60. The van der Waals surface area contributed by atoms with Gasteiger partial charge in [-0.2, -0.15) is 6.41 Å². The van der Waals surface area contributed by atoms with Gasteiger partial charge < -0.3 is 30.3 Å². The molecule has 0 atom stereocenters. The normalized spacial score (nSPS) is 10.6. The first-order valence-corrected chi connectivity index (χ1v) is 4.74. The molecule has 0 spiro atoms. The van der Waals surface area contributed by atoms with Crippen LogP contribution in [0.5, 0.6) is 0 Å². The minimum absolute atomic E-state index is 0. The van der Waals surface area contributed by atoms with Crippen molar-refractivity contribution >= 4 is 24.1 Å². The Hall–Kier alpha value is -1.08. The first-order valence-electron chi connectivity index (χ1n) is 4.74. The number of nitrogens with zero attached hydrogens (tertiary/aromatic N) is 1. The van der Waals surface area contributed by atoms with Crippen molar-refractivity contribution in [3.8, 4) is 0 Å². The van der Waals surface area contributed by atoms with Crippen LogP contribution < -0.4 is 10.6 Å². The van der Waals surface area contributed by atoms with Crippen LogP contribution in [0.2, 0.25) is 0 Å². The van der Waals surface area contributed by atoms with Gasteiger partial charge in [-0.15, -0.1) is 0 Å². The van der Waals surface area contributed by atoms with Crippen molar-refractivity contribution in [1.29, 1.82) is 0 Å². The van der Waals surface area contributed by atoms with E-state index >= 15 is 0 Å². The summed E-state index contributed by atoms with van der Waals surface area (Å²) < 4.78 is 0. The van der Waals surface area contributed by atoms with Crippen molar-refractivity contribution in [2.75, 3.05) is 14.1 Å². The topological polar surface area (TPSA) is 106 Å². The third-order valence-corrected chi connectivity index (χ3v) is 1.29. The predicted octanol–water partition coefficient (Wildman–Crippen LogP) is -0.604.